The number of hydrogen-bond donors (Lipinski definition) is 1. The van der Waals surface area contributed by atoms with Crippen LogP contribution in [0.3, 0.4) is 0 Å². The molecular weight excluding hydrogens is 312 g/mol. The summed E-state index contributed by atoms with van der Waals surface area (Å²) in [5, 5.41) is 0. The van der Waals surface area contributed by atoms with Gasteiger partial charge in [-0.05, 0) is 43.2 Å². The summed E-state index contributed by atoms with van der Waals surface area (Å²) in [6, 6.07) is 11.8. The lowest BCUT2D eigenvalue weighted by Gasteiger charge is -2.15. The van der Waals surface area contributed by atoms with Crippen molar-refractivity contribution in [2.24, 2.45) is 0 Å². The first-order chi connectivity index (χ1) is 10.7. The standard InChI is InChI=1S/C17H20N2O3S/c1-12-7-5-6-8-15(12)18-23(21,22)16-11-14(10-9-13(16)2)17(20)19(3)4/h5-11,18H,1-4H3. The Bertz CT molecular complexity index is 843. The summed E-state index contributed by atoms with van der Waals surface area (Å²) in [4.78, 5) is 13.6. The SMILES string of the molecule is Cc1ccccc1NS(=O)(=O)c1cc(C(=O)N(C)C)ccc1C. The Morgan fingerprint density at radius 2 is 1.65 bits per heavy atom. The fraction of sp³-hybridized carbons (Fsp3) is 0.235. The van der Waals surface area contributed by atoms with Crippen molar-refractivity contribution in [1.82, 2.24) is 4.90 Å². The van der Waals surface area contributed by atoms with Gasteiger partial charge in [-0.15, -0.1) is 0 Å². The van der Waals surface area contributed by atoms with E-state index in [0.29, 0.717) is 16.8 Å². The van der Waals surface area contributed by atoms with Gasteiger partial charge in [-0.3, -0.25) is 9.52 Å². The van der Waals surface area contributed by atoms with Gasteiger partial charge in [0.15, 0.2) is 0 Å². The average molecular weight is 332 g/mol. The van der Waals surface area contributed by atoms with E-state index < -0.39 is 10.0 Å². The number of hydrogen-bond acceptors (Lipinski definition) is 3. The fourth-order valence-electron chi connectivity index (χ4n) is 2.17. The van der Waals surface area contributed by atoms with Gasteiger partial charge in [-0.25, -0.2) is 8.42 Å². The Labute approximate surface area is 137 Å². The minimum Gasteiger partial charge on any atom is -0.345 e. The molecule has 0 spiro atoms. The van der Waals surface area contributed by atoms with Crippen molar-refractivity contribution in [3.63, 3.8) is 0 Å². The molecule has 0 fully saturated rings. The van der Waals surface area contributed by atoms with Gasteiger partial charge in [-0.1, -0.05) is 24.3 Å². The molecule has 0 heterocycles. The molecule has 0 radical (unpaired) electrons. The Morgan fingerprint density at radius 3 is 2.26 bits per heavy atom. The minimum atomic E-state index is -3.77. The zero-order valence-electron chi connectivity index (χ0n) is 13.6. The zero-order valence-corrected chi connectivity index (χ0v) is 14.4. The van der Waals surface area contributed by atoms with Gasteiger partial charge < -0.3 is 4.90 Å². The van der Waals surface area contributed by atoms with E-state index in [2.05, 4.69) is 4.72 Å². The van der Waals surface area contributed by atoms with Crippen molar-refractivity contribution in [3.8, 4) is 0 Å². The highest BCUT2D eigenvalue weighted by molar-refractivity contribution is 7.92. The first kappa shape index (κ1) is 17.0. The van der Waals surface area contributed by atoms with Crippen LogP contribution in [-0.4, -0.2) is 33.3 Å². The number of aryl methyl sites for hydroxylation is 2. The van der Waals surface area contributed by atoms with E-state index in [9.17, 15) is 13.2 Å². The van der Waals surface area contributed by atoms with E-state index in [1.165, 1.54) is 11.0 Å². The van der Waals surface area contributed by atoms with Crippen molar-refractivity contribution >= 4 is 21.6 Å². The second kappa shape index (κ2) is 6.42. The number of nitrogens with one attached hydrogen (secondary N) is 1. The van der Waals surface area contributed by atoms with Gasteiger partial charge in [0.2, 0.25) is 0 Å². The van der Waals surface area contributed by atoms with E-state index in [4.69, 9.17) is 0 Å². The molecule has 5 nitrogen and oxygen atoms in total. The van der Waals surface area contributed by atoms with Crippen molar-refractivity contribution in [3.05, 3.63) is 59.2 Å². The number of rotatable bonds is 4. The molecule has 23 heavy (non-hydrogen) atoms. The zero-order chi connectivity index (χ0) is 17.2. The van der Waals surface area contributed by atoms with Crippen LogP contribution in [-0.2, 0) is 10.0 Å². The van der Waals surface area contributed by atoms with Crippen LogP contribution in [0.25, 0.3) is 0 Å². The summed E-state index contributed by atoms with van der Waals surface area (Å²) in [6.07, 6.45) is 0. The molecule has 6 heteroatoms. The molecule has 0 aromatic heterocycles. The van der Waals surface area contributed by atoms with Gasteiger partial charge >= 0.3 is 0 Å². The predicted octanol–water partition coefficient (Wildman–Crippen LogP) is 2.81. The molecule has 0 bridgehead atoms. The molecule has 0 aliphatic heterocycles. The third-order valence-electron chi connectivity index (χ3n) is 3.52. The summed E-state index contributed by atoms with van der Waals surface area (Å²) in [6.45, 7) is 3.53. The van der Waals surface area contributed by atoms with E-state index >= 15 is 0 Å². The summed E-state index contributed by atoms with van der Waals surface area (Å²) in [5.74, 6) is -0.239. The summed E-state index contributed by atoms with van der Waals surface area (Å²) in [7, 11) is -0.515. The summed E-state index contributed by atoms with van der Waals surface area (Å²) < 4.78 is 28.0. The molecule has 0 aliphatic rings. The highest BCUT2D eigenvalue weighted by Gasteiger charge is 2.20. The van der Waals surface area contributed by atoms with Gasteiger partial charge in [0.05, 0.1) is 10.6 Å². The molecule has 0 atom stereocenters. The lowest BCUT2D eigenvalue weighted by atomic mass is 10.1. The lowest BCUT2D eigenvalue weighted by molar-refractivity contribution is 0.0827. The van der Waals surface area contributed by atoms with Gasteiger partial charge in [-0.2, -0.15) is 0 Å². The van der Waals surface area contributed by atoms with E-state index in [1.54, 1.807) is 45.3 Å². The number of para-hydroxylation sites is 1. The van der Waals surface area contributed by atoms with Crippen molar-refractivity contribution < 1.29 is 13.2 Å². The Balaban J connectivity index is 2.45. The first-order valence-electron chi connectivity index (χ1n) is 7.13. The minimum absolute atomic E-state index is 0.105. The number of sulfonamides is 1. The van der Waals surface area contributed by atoms with Gasteiger partial charge in [0, 0.05) is 19.7 Å². The third kappa shape index (κ3) is 3.71. The number of amides is 1. The highest BCUT2D eigenvalue weighted by Crippen LogP contribution is 2.23. The van der Waals surface area contributed by atoms with E-state index in [1.807, 2.05) is 19.1 Å². The molecule has 1 amide bonds. The molecule has 0 saturated heterocycles. The van der Waals surface area contributed by atoms with Crippen molar-refractivity contribution in [2.45, 2.75) is 18.7 Å². The van der Waals surface area contributed by atoms with Gasteiger partial charge in [0.25, 0.3) is 15.9 Å². The van der Waals surface area contributed by atoms with Gasteiger partial charge in [0.1, 0.15) is 0 Å². The van der Waals surface area contributed by atoms with Crippen LogP contribution in [0.2, 0.25) is 0 Å². The molecule has 2 aromatic carbocycles. The maximum Gasteiger partial charge on any atom is 0.262 e. The number of nitrogens with zero attached hydrogens (tertiary/aromatic N) is 1. The number of carbonyl (C=O) groups excluding carboxylic acids is 1. The highest BCUT2D eigenvalue weighted by atomic mass is 32.2. The second-order valence-corrected chi connectivity index (χ2v) is 7.25. The third-order valence-corrected chi connectivity index (χ3v) is 5.03. The summed E-state index contributed by atoms with van der Waals surface area (Å²) in [5.41, 5.74) is 2.28. The van der Waals surface area contributed by atoms with Crippen LogP contribution in [0.15, 0.2) is 47.4 Å². The number of benzene rings is 2. The molecule has 1 N–H and O–H groups in total. The molecule has 2 rings (SSSR count). The maximum atomic E-state index is 12.7. The van der Waals surface area contributed by atoms with Crippen LogP contribution < -0.4 is 4.72 Å². The molecule has 0 aliphatic carbocycles. The quantitative estimate of drug-likeness (QED) is 0.936. The lowest BCUT2D eigenvalue weighted by Crippen LogP contribution is -2.22. The average Bonchev–Trinajstić information content (AvgIpc) is 2.49. The van der Waals surface area contributed by atoms with Crippen LogP contribution in [0.4, 0.5) is 5.69 Å². The molecule has 122 valence electrons. The molecule has 0 saturated carbocycles. The Hall–Kier alpha value is -2.34. The normalized spacial score (nSPS) is 11.1. The van der Waals surface area contributed by atoms with Crippen LogP contribution in [0.1, 0.15) is 21.5 Å². The smallest absolute Gasteiger partial charge is 0.262 e. The van der Waals surface area contributed by atoms with Crippen molar-refractivity contribution in [2.75, 3.05) is 18.8 Å². The number of carbonyl (C=O) groups is 1. The molecule has 2 aromatic rings. The van der Waals surface area contributed by atoms with E-state index in [0.717, 1.165) is 5.56 Å². The first-order valence-corrected chi connectivity index (χ1v) is 8.61. The monoisotopic (exact) mass is 332 g/mol. The largest absolute Gasteiger partial charge is 0.345 e. The Morgan fingerprint density at radius 1 is 1.00 bits per heavy atom. The summed E-state index contributed by atoms with van der Waals surface area (Å²) >= 11 is 0. The van der Waals surface area contributed by atoms with Crippen LogP contribution in [0.5, 0.6) is 0 Å². The number of anilines is 1. The fourth-order valence-corrected chi connectivity index (χ4v) is 3.57. The van der Waals surface area contributed by atoms with Crippen LogP contribution >= 0.6 is 0 Å². The topological polar surface area (TPSA) is 66.5 Å². The predicted molar refractivity (Wildman–Crippen MR) is 91.2 cm³/mol. The van der Waals surface area contributed by atoms with Crippen molar-refractivity contribution in [1.29, 1.82) is 0 Å². The molecule has 0 unspecified atom stereocenters. The van der Waals surface area contributed by atoms with E-state index in [-0.39, 0.29) is 10.8 Å². The van der Waals surface area contributed by atoms with Crippen LogP contribution in [0, 0.1) is 13.8 Å². The Kier molecular flexibility index (Phi) is 4.75. The molecular formula is C17H20N2O3S. The second-order valence-electron chi connectivity index (χ2n) is 5.60. The maximum absolute atomic E-state index is 12.7.